The fourth-order valence-corrected chi connectivity index (χ4v) is 3.75. The Morgan fingerprint density at radius 1 is 1.45 bits per heavy atom. The van der Waals surface area contributed by atoms with Gasteiger partial charge in [-0.25, -0.2) is 0 Å². The molecule has 112 valence electrons. The summed E-state index contributed by atoms with van der Waals surface area (Å²) in [6.07, 6.45) is 9.72. The van der Waals surface area contributed by atoms with Gasteiger partial charge in [0, 0.05) is 25.6 Å². The van der Waals surface area contributed by atoms with Crippen LogP contribution in [0.3, 0.4) is 0 Å². The maximum atomic E-state index is 12.6. The van der Waals surface area contributed by atoms with Crippen molar-refractivity contribution in [1.29, 1.82) is 0 Å². The van der Waals surface area contributed by atoms with E-state index in [0.29, 0.717) is 6.61 Å². The molecule has 4 nitrogen and oxygen atoms in total. The molecule has 2 aliphatic heterocycles. The number of carbonyl (C=O) groups excluding carboxylic acids is 1. The lowest BCUT2D eigenvalue weighted by Crippen LogP contribution is -2.50. The van der Waals surface area contributed by atoms with Gasteiger partial charge in [0.2, 0.25) is 5.91 Å². The molecule has 0 N–H and O–H groups in total. The predicted octanol–water partition coefficient (Wildman–Crippen LogP) is 2.28. The van der Waals surface area contributed by atoms with E-state index in [4.69, 9.17) is 9.47 Å². The summed E-state index contributed by atoms with van der Waals surface area (Å²) in [5.74, 6) is 0.244. The van der Waals surface area contributed by atoms with Crippen LogP contribution in [0, 0.1) is 0 Å². The SMILES string of the molecule is CO[C@H]1CO[C@@]2(CCCN(C(=O)C3=CCCCC3)C2)C1. The third kappa shape index (κ3) is 2.77. The standard InChI is InChI=1S/C16H25NO3/c1-19-14-10-16(20-11-14)8-5-9-17(12-16)15(18)13-6-3-2-4-7-13/h6,14H,2-5,7-12H2,1H3/t14-,16+/m1/s1. The minimum atomic E-state index is -0.149. The van der Waals surface area contributed by atoms with Gasteiger partial charge >= 0.3 is 0 Å². The van der Waals surface area contributed by atoms with Crippen molar-refractivity contribution in [2.75, 3.05) is 26.8 Å². The van der Waals surface area contributed by atoms with E-state index in [2.05, 4.69) is 6.08 Å². The van der Waals surface area contributed by atoms with Crippen LogP contribution in [0.1, 0.15) is 44.9 Å². The maximum absolute atomic E-state index is 12.6. The fraction of sp³-hybridized carbons (Fsp3) is 0.812. The first-order valence-electron chi connectivity index (χ1n) is 7.87. The molecule has 1 aliphatic carbocycles. The van der Waals surface area contributed by atoms with Crippen molar-refractivity contribution in [3.8, 4) is 0 Å². The summed E-state index contributed by atoms with van der Waals surface area (Å²) in [4.78, 5) is 14.6. The zero-order valence-electron chi connectivity index (χ0n) is 12.4. The second-order valence-electron chi connectivity index (χ2n) is 6.36. The minimum Gasteiger partial charge on any atom is -0.379 e. The summed E-state index contributed by atoms with van der Waals surface area (Å²) < 4.78 is 11.4. The van der Waals surface area contributed by atoms with Gasteiger partial charge < -0.3 is 14.4 Å². The molecule has 2 fully saturated rings. The molecule has 0 aromatic carbocycles. The van der Waals surface area contributed by atoms with Crippen molar-refractivity contribution in [1.82, 2.24) is 4.90 Å². The largest absolute Gasteiger partial charge is 0.379 e. The maximum Gasteiger partial charge on any atom is 0.249 e. The van der Waals surface area contributed by atoms with Crippen molar-refractivity contribution in [3.63, 3.8) is 0 Å². The number of rotatable bonds is 2. The highest BCUT2D eigenvalue weighted by Gasteiger charge is 2.44. The number of nitrogens with zero attached hydrogens (tertiary/aromatic N) is 1. The Kier molecular flexibility index (Phi) is 4.13. The third-order valence-electron chi connectivity index (χ3n) is 4.90. The lowest BCUT2D eigenvalue weighted by molar-refractivity contribution is -0.135. The summed E-state index contributed by atoms with van der Waals surface area (Å²) in [5, 5.41) is 0. The van der Waals surface area contributed by atoms with Crippen LogP contribution in [-0.4, -0.2) is 49.3 Å². The van der Waals surface area contributed by atoms with Crippen LogP contribution in [0.4, 0.5) is 0 Å². The van der Waals surface area contributed by atoms with Crippen LogP contribution >= 0.6 is 0 Å². The number of amides is 1. The third-order valence-corrected chi connectivity index (χ3v) is 4.90. The molecule has 1 amide bonds. The topological polar surface area (TPSA) is 38.8 Å². The normalized spacial score (nSPS) is 34.4. The van der Waals surface area contributed by atoms with E-state index in [1.54, 1.807) is 7.11 Å². The number of likely N-dealkylation sites (tertiary alicyclic amines) is 1. The molecule has 3 rings (SSSR count). The lowest BCUT2D eigenvalue weighted by atomic mass is 9.88. The Labute approximate surface area is 121 Å². The number of ether oxygens (including phenoxy) is 2. The Morgan fingerprint density at radius 3 is 3.05 bits per heavy atom. The van der Waals surface area contributed by atoms with Crippen molar-refractivity contribution in [3.05, 3.63) is 11.6 Å². The van der Waals surface area contributed by atoms with Gasteiger partial charge in [-0.2, -0.15) is 0 Å². The van der Waals surface area contributed by atoms with Crippen LogP contribution in [0.15, 0.2) is 11.6 Å². The Bertz CT molecular complexity index is 407. The number of hydrogen-bond acceptors (Lipinski definition) is 3. The summed E-state index contributed by atoms with van der Waals surface area (Å²) in [6, 6.07) is 0. The average molecular weight is 279 g/mol. The summed E-state index contributed by atoms with van der Waals surface area (Å²) in [5.41, 5.74) is 0.874. The summed E-state index contributed by atoms with van der Waals surface area (Å²) in [6.45, 7) is 2.28. The minimum absolute atomic E-state index is 0.149. The zero-order valence-corrected chi connectivity index (χ0v) is 12.4. The van der Waals surface area contributed by atoms with Crippen LogP contribution in [-0.2, 0) is 14.3 Å². The molecule has 0 radical (unpaired) electrons. The van der Waals surface area contributed by atoms with E-state index in [9.17, 15) is 4.79 Å². The molecule has 0 unspecified atom stereocenters. The van der Waals surface area contributed by atoms with Gasteiger partial charge in [-0.3, -0.25) is 4.79 Å². The van der Waals surface area contributed by atoms with Gasteiger partial charge in [0.15, 0.2) is 0 Å². The monoisotopic (exact) mass is 279 g/mol. The molecule has 2 atom stereocenters. The Morgan fingerprint density at radius 2 is 2.35 bits per heavy atom. The molecule has 0 aromatic heterocycles. The van der Waals surface area contributed by atoms with Crippen LogP contribution in [0.5, 0.6) is 0 Å². The number of piperidine rings is 1. The number of methoxy groups -OCH3 is 1. The number of allylic oxidation sites excluding steroid dienone is 1. The average Bonchev–Trinajstić information content (AvgIpc) is 2.90. The van der Waals surface area contributed by atoms with Crippen molar-refractivity contribution in [2.45, 2.75) is 56.7 Å². The van der Waals surface area contributed by atoms with Crippen LogP contribution in [0.25, 0.3) is 0 Å². The van der Waals surface area contributed by atoms with Crippen LogP contribution < -0.4 is 0 Å². The summed E-state index contributed by atoms with van der Waals surface area (Å²) >= 11 is 0. The molecule has 0 saturated carbocycles. The van der Waals surface area contributed by atoms with Gasteiger partial charge in [-0.15, -0.1) is 0 Å². The molecule has 2 heterocycles. The van der Waals surface area contributed by atoms with Gasteiger partial charge in [0.05, 0.1) is 24.9 Å². The first-order valence-corrected chi connectivity index (χ1v) is 7.87. The second kappa shape index (κ2) is 5.86. The zero-order chi connectivity index (χ0) is 14.0. The molecule has 4 heteroatoms. The highest BCUT2D eigenvalue weighted by atomic mass is 16.6. The first kappa shape index (κ1) is 14.1. The molecule has 2 saturated heterocycles. The van der Waals surface area contributed by atoms with E-state index >= 15 is 0 Å². The second-order valence-corrected chi connectivity index (χ2v) is 6.36. The van der Waals surface area contributed by atoms with Gasteiger partial charge in [0.25, 0.3) is 0 Å². The van der Waals surface area contributed by atoms with Gasteiger partial charge in [0.1, 0.15) is 0 Å². The van der Waals surface area contributed by atoms with E-state index in [1.807, 2.05) is 4.90 Å². The fourth-order valence-electron chi connectivity index (χ4n) is 3.75. The number of hydrogen-bond donors (Lipinski definition) is 0. The van der Waals surface area contributed by atoms with Crippen LogP contribution in [0.2, 0.25) is 0 Å². The molecule has 20 heavy (non-hydrogen) atoms. The van der Waals surface area contributed by atoms with E-state index in [1.165, 1.54) is 6.42 Å². The summed E-state index contributed by atoms with van der Waals surface area (Å²) in [7, 11) is 1.74. The van der Waals surface area contributed by atoms with Gasteiger partial charge in [-0.05, 0) is 38.5 Å². The van der Waals surface area contributed by atoms with Crippen molar-refractivity contribution >= 4 is 5.91 Å². The first-order chi connectivity index (χ1) is 9.72. The van der Waals surface area contributed by atoms with E-state index < -0.39 is 0 Å². The molecular formula is C16H25NO3. The van der Waals surface area contributed by atoms with Crippen molar-refractivity contribution < 1.29 is 14.3 Å². The number of carbonyl (C=O) groups is 1. The van der Waals surface area contributed by atoms with Crippen molar-refractivity contribution in [2.24, 2.45) is 0 Å². The molecule has 1 spiro atoms. The molecule has 0 aromatic rings. The molecule has 3 aliphatic rings. The molecular weight excluding hydrogens is 254 g/mol. The highest BCUT2D eigenvalue weighted by Crippen LogP contribution is 2.36. The molecule has 0 bridgehead atoms. The van der Waals surface area contributed by atoms with Gasteiger partial charge in [-0.1, -0.05) is 6.08 Å². The predicted molar refractivity (Wildman–Crippen MR) is 76.5 cm³/mol. The van der Waals surface area contributed by atoms with E-state index in [0.717, 1.165) is 57.2 Å². The van der Waals surface area contributed by atoms with E-state index in [-0.39, 0.29) is 17.6 Å². The Balaban J connectivity index is 1.66. The lowest BCUT2D eigenvalue weighted by Gasteiger charge is -2.40. The Hall–Kier alpha value is -0.870. The highest BCUT2D eigenvalue weighted by molar-refractivity contribution is 5.93. The quantitative estimate of drug-likeness (QED) is 0.778. The smallest absolute Gasteiger partial charge is 0.249 e.